The molecule has 4 nitrogen and oxygen atoms in total. The Balaban J connectivity index is 2.45. The average Bonchev–Trinajstić information content (AvgIpc) is 2.34. The van der Waals surface area contributed by atoms with Crippen molar-refractivity contribution in [3.63, 3.8) is 0 Å². The highest BCUT2D eigenvalue weighted by Crippen LogP contribution is 2.64. The Kier molecular flexibility index (Phi) is 2.09. The molecule has 0 saturated heterocycles. The predicted octanol–water partition coefficient (Wildman–Crippen LogP) is 1.27. The summed E-state index contributed by atoms with van der Waals surface area (Å²) in [6.07, 6.45) is 1.97. The van der Waals surface area contributed by atoms with Gasteiger partial charge >= 0.3 is 0 Å². The van der Waals surface area contributed by atoms with Crippen LogP contribution in [0.4, 0.5) is 0 Å². The first-order valence-electron chi connectivity index (χ1n) is 5.17. The second kappa shape index (κ2) is 2.83. The molecule has 86 valence electrons. The van der Waals surface area contributed by atoms with Crippen molar-refractivity contribution in [2.45, 2.75) is 33.1 Å². The lowest BCUT2D eigenvalue weighted by Crippen LogP contribution is -2.42. The van der Waals surface area contributed by atoms with Crippen LogP contribution in [0.5, 0.6) is 0 Å². The van der Waals surface area contributed by atoms with Gasteiger partial charge in [0.15, 0.2) is 0 Å². The third-order valence-corrected chi connectivity index (χ3v) is 5.43. The topological polar surface area (TPSA) is 71.4 Å². The minimum Gasteiger partial charge on any atom is -0.299 e. The highest BCUT2D eigenvalue weighted by Gasteiger charge is 2.65. The molecule has 0 aromatic carbocycles. The Bertz CT molecular complexity index is 409. The summed E-state index contributed by atoms with van der Waals surface area (Å²) >= 11 is 0. The molecule has 2 aliphatic carbocycles. The fraction of sp³-hybridized carbons (Fsp3) is 0.900. The zero-order chi connectivity index (χ0) is 11.5. The van der Waals surface area contributed by atoms with E-state index in [0.29, 0.717) is 12.8 Å². The molecule has 0 radical (unpaired) electrons. The molecule has 2 atom stereocenters. The maximum Gasteiger partial charge on any atom is 0.265 e. The van der Waals surface area contributed by atoms with E-state index >= 15 is 0 Å². The van der Waals surface area contributed by atoms with E-state index < -0.39 is 21.3 Å². The molecule has 15 heavy (non-hydrogen) atoms. The SMILES string of the molecule is CC1(C)[C@@H]2CC[C@]1(CS(=O)(=O)O)C(=O)C2. The molecule has 0 amide bonds. The van der Waals surface area contributed by atoms with Gasteiger partial charge in [-0.25, -0.2) is 0 Å². The van der Waals surface area contributed by atoms with Crippen LogP contribution in [0.2, 0.25) is 0 Å². The van der Waals surface area contributed by atoms with Gasteiger partial charge in [0.05, 0.1) is 11.2 Å². The maximum atomic E-state index is 11.9. The third kappa shape index (κ3) is 1.36. The standard InChI is InChI=1S/C10H16O4S/c1-9(2)7-3-4-10(9,8(11)5-7)6-15(12,13)14/h7H,3-6H2,1-2H3,(H,12,13,14)/t7-,10+/m1/s1. The van der Waals surface area contributed by atoms with Gasteiger partial charge in [0.25, 0.3) is 10.1 Å². The molecule has 0 unspecified atom stereocenters. The third-order valence-electron chi connectivity index (χ3n) is 4.57. The van der Waals surface area contributed by atoms with Crippen LogP contribution in [-0.2, 0) is 14.9 Å². The molecular formula is C10H16O4S. The van der Waals surface area contributed by atoms with E-state index in [9.17, 15) is 13.2 Å². The number of hydrogen-bond donors (Lipinski definition) is 1. The van der Waals surface area contributed by atoms with Crippen molar-refractivity contribution in [2.24, 2.45) is 16.7 Å². The second-order valence-corrected chi connectivity index (χ2v) is 6.85. The number of hydrogen-bond acceptors (Lipinski definition) is 3. The Labute approximate surface area is 89.8 Å². The van der Waals surface area contributed by atoms with E-state index in [1.165, 1.54) is 0 Å². The summed E-state index contributed by atoms with van der Waals surface area (Å²) < 4.78 is 31.0. The lowest BCUT2D eigenvalue weighted by Gasteiger charge is -2.35. The van der Waals surface area contributed by atoms with Crippen LogP contribution in [0.1, 0.15) is 33.1 Å². The van der Waals surface area contributed by atoms with Crippen LogP contribution >= 0.6 is 0 Å². The lowest BCUT2D eigenvalue weighted by atomic mass is 9.70. The van der Waals surface area contributed by atoms with Crippen molar-refractivity contribution in [3.05, 3.63) is 0 Å². The largest absolute Gasteiger partial charge is 0.299 e. The van der Waals surface area contributed by atoms with Crippen LogP contribution in [0, 0.1) is 16.7 Å². The number of rotatable bonds is 2. The van der Waals surface area contributed by atoms with Crippen LogP contribution in [0.15, 0.2) is 0 Å². The number of carbonyl (C=O) groups excluding carboxylic acids is 1. The van der Waals surface area contributed by atoms with Gasteiger partial charge in [0.2, 0.25) is 0 Å². The van der Waals surface area contributed by atoms with E-state index in [2.05, 4.69) is 0 Å². The van der Waals surface area contributed by atoms with Crippen molar-refractivity contribution in [1.29, 1.82) is 0 Å². The molecule has 2 saturated carbocycles. The molecule has 0 aliphatic heterocycles. The molecule has 0 aromatic rings. The van der Waals surface area contributed by atoms with Crippen LogP contribution in [0.3, 0.4) is 0 Å². The van der Waals surface area contributed by atoms with Crippen LogP contribution in [0.25, 0.3) is 0 Å². The first-order chi connectivity index (χ1) is 6.69. The van der Waals surface area contributed by atoms with Crippen molar-refractivity contribution in [1.82, 2.24) is 0 Å². The predicted molar refractivity (Wildman–Crippen MR) is 55.0 cm³/mol. The van der Waals surface area contributed by atoms with Gasteiger partial charge in [-0.15, -0.1) is 0 Å². The van der Waals surface area contributed by atoms with E-state index in [0.717, 1.165) is 6.42 Å². The minimum absolute atomic E-state index is 0.0152. The highest BCUT2D eigenvalue weighted by atomic mass is 32.2. The zero-order valence-electron chi connectivity index (χ0n) is 8.99. The molecule has 2 fully saturated rings. The molecule has 1 N–H and O–H groups in total. The quantitative estimate of drug-likeness (QED) is 0.728. The number of ketones is 1. The van der Waals surface area contributed by atoms with Crippen LogP contribution < -0.4 is 0 Å². The van der Waals surface area contributed by atoms with Crippen molar-refractivity contribution < 1.29 is 17.8 Å². The fourth-order valence-electron chi connectivity index (χ4n) is 3.42. The van der Waals surface area contributed by atoms with Crippen molar-refractivity contribution >= 4 is 15.9 Å². The first kappa shape index (κ1) is 11.1. The van der Waals surface area contributed by atoms with Crippen molar-refractivity contribution in [2.75, 3.05) is 5.75 Å². The summed E-state index contributed by atoms with van der Waals surface area (Å²) in [5.41, 5.74) is -1.12. The van der Waals surface area contributed by atoms with Gasteiger partial charge in [-0.2, -0.15) is 8.42 Å². The molecule has 0 spiro atoms. The Hall–Kier alpha value is -0.420. The van der Waals surface area contributed by atoms with Gasteiger partial charge in [-0.3, -0.25) is 9.35 Å². The van der Waals surface area contributed by atoms with Gasteiger partial charge in [0.1, 0.15) is 5.78 Å². The first-order valence-corrected chi connectivity index (χ1v) is 6.78. The summed E-state index contributed by atoms with van der Waals surface area (Å²) in [5.74, 6) is -0.101. The van der Waals surface area contributed by atoms with Gasteiger partial charge in [-0.05, 0) is 24.2 Å². The van der Waals surface area contributed by atoms with E-state index in [4.69, 9.17) is 4.55 Å². The average molecular weight is 232 g/mol. The monoisotopic (exact) mass is 232 g/mol. The second-order valence-electron chi connectivity index (χ2n) is 5.39. The molecule has 2 aliphatic rings. The molecule has 0 heterocycles. The van der Waals surface area contributed by atoms with Crippen molar-refractivity contribution in [3.8, 4) is 0 Å². The summed E-state index contributed by atoms with van der Waals surface area (Å²) in [6, 6.07) is 0. The number of carbonyl (C=O) groups is 1. The Morgan fingerprint density at radius 2 is 2.07 bits per heavy atom. The molecular weight excluding hydrogens is 216 g/mol. The fourth-order valence-corrected chi connectivity index (χ4v) is 4.72. The Morgan fingerprint density at radius 3 is 2.40 bits per heavy atom. The molecule has 2 bridgehead atoms. The number of fused-ring (bicyclic) bond motifs is 2. The number of Topliss-reactive ketones (excluding diaryl/α,β-unsaturated/α-hetero) is 1. The minimum atomic E-state index is -4.08. The summed E-state index contributed by atoms with van der Waals surface area (Å²) in [7, 11) is -4.08. The normalized spacial score (nSPS) is 38.6. The summed E-state index contributed by atoms with van der Waals surface area (Å²) in [4.78, 5) is 11.9. The van der Waals surface area contributed by atoms with Gasteiger partial charge in [0, 0.05) is 6.42 Å². The highest BCUT2D eigenvalue weighted by molar-refractivity contribution is 7.85. The van der Waals surface area contributed by atoms with E-state index in [1.54, 1.807) is 0 Å². The summed E-state index contributed by atoms with van der Waals surface area (Å²) in [5, 5.41) is 0. The molecule has 0 aromatic heterocycles. The van der Waals surface area contributed by atoms with Gasteiger partial charge in [-0.1, -0.05) is 13.8 Å². The molecule has 5 heteroatoms. The van der Waals surface area contributed by atoms with Crippen LogP contribution in [-0.4, -0.2) is 24.5 Å². The lowest BCUT2D eigenvalue weighted by molar-refractivity contribution is -0.128. The van der Waals surface area contributed by atoms with E-state index in [-0.39, 0.29) is 17.1 Å². The van der Waals surface area contributed by atoms with E-state index in [1.807, 2.05) is 13.8 Å². The Morgan fingerprint density at radius 1 is 1.47 bits per heavy atom. The molecule has 2 rings (SSSR count). The smallest absolute Gasteiger partial charge is 0.265 e. The maximum absolute atomic E-state index is 11.9. The summed E-state index contributed by atoms with van der Waals surface area (Å²) in [6.45, 7) is 3.89. The zero-order valence-corrected chi connectivity index (χ0v) is 9.80. The van der Waals surface area contributed by atoms with Gasteiger partial charge < -0.3 is 0 Å².